The largest absolute Gasteiger partial charge is 0.497 e. The van der Waals surface area contributed by atoms with E-state index in [-0.39, 0.29) is 5.91 Å². The molecule has 0 radical (unpaired) electrons. The van der Waals surface area contributed by atoms with Crippen molar-refractivity contribution in [2.45, 2.75) is 0 Å². The van der Waals surface area contributed by atoms with Crippen LogP contribution in [0.15, 0.2) is 48.5 Å². The summed E-state index contributed by atoms with van der Waals surface area (Å²) in [5, 5.41) is 3.48. The molecular weight excluding hydrogens is 334 g/mol. The van der Waals surface area contributed by atoms with E-state index in [0.29, 0.717) is 23.1 Å². The minimum atomic E-state index is -0.0500. The Balaban J connectivity index is 1.64. The first-order chi connectivity index (χ1) is 11.2. The molecule has 0 unspecified atom stereocenters. The summed E-state index contributed by atoms with van der Waals surface area (Å²) in [5.74, 6) is 2.49. The molecule has 0 aliphatic rings. The maximum Gasteiger partial charge on any atom is 0.234 e. The Kier molecular flexibility index (Phi) is 7.10. The van der Waals surface area contributed by atoms with Gasteiger partial charge in [-0.15, -0.1) is 11.8 Å². The van der Waals surface area contributed by atoms with Crippen molar-refractivity contribution in [3.8, 4) is 11.5 Å². The Morgan fingerprint density at radius 1 is 1.17 bits per heavy atom. The normalized spacial score (nSPS) is 10.2. The van der Waals surface area contributed by atoms with Gasteiger partial charge in [-0.2, -0.15) is 0 Å². The zero-order chi connectivity index (χ0) is 16.5. The number of hydrogen-bond donors (Lipinski definition) is 1. The zero-order valence-corrected chi connectivity index (χ0v) is 14.3. The number of methoxy groups -OCH3 is 1. The molecule has 0 saturated heterocycles. The number of carbonyl (C=O) groups is 1. The first kappa shape index (κ1) is 17.5. The van der Waals surface area contributed by atoms with Gasteiger partial charge in [0.2, 0.25) is 5.91 Å². The topological polar surface area (TPSA) is 47.6 Å². The standard InChI is InChI=1S/C17H18ClNO3S/c1-21-15-6-3-5-14(11-15)19-17(20)12-23-9-8-22-16-7-2-4-13(18)10-16/h2-7,10-11H,8-9,12H2,1H3,(H,19,20). The maximum absolute atomic E-state index is 11.9. The maximum atomic E-state index is 11.9. The van der Waals surface area contributed by atoms with Crippen LogP contribution in [0.3, 0.4) is 0 Å². The number of carbonyl (C=O) groups excluding carboxylic acids is 1. The van der Waals surface area contributed by atoms with Crippen molar-refractivity contribution < 1.29 is 14.3 Å². The molecule has 2 rings (SSSR count). The molecule has 0 bridgehead atoms. The van der Waals surface area contributed by atoms with Crippen LogP contribution in [0.1, 0.15) is 0 Å². The molecule has 0 saturated carbocycles. The van der Waals surface area contributed by atoms with Crippen LogP contribution in [0.25, 0.3) is 0 Å². The monoisotopic (exact) mass is 351 g/mol. The van der Waals surface area contributed by atoms with Crippen LogP contribution in [-0.2, 0) is 4.79 Å². The number of nitrogens with one attached hydrogen (secondary N) is 1. The van der Waals surface area contributed by atoms with Crippen LogP contribution in [0.2, 0.25) is 5.02 Å². The highest BCUT2D eigenvalue weighted by Crippen LogP contribution is 2.18. The zero-order valence-electron chi connectivity index (χ0n) is 12.8. The fourth-order valence-corrected chi connectivity index (χ4v) is 2.62. The van der Waals surface area contributed by atoms with Crippen molar-refractivity contribution in [3.05, 3.63) is 53.6 Å². The van der Waals surface area contributed by atoms with Gasteiger partial charge in [0.25, 0.3) is 0 Å². The highest BCUT2D eigenvalue weighted by atomic mass is 35.5. The lowest BCUT2D eigenvalue weighted by molar-refractivity contribution is -0.113. The second-order valence-corrected chi connectivity index (χ2v) is 6.18. The van der Waals surface area contributed by atoms with Crippen molar-refractivity contribution in [1.82, 2.24) is 0 Å². The molecule has 0 aliphatic heterocycles. The quantitative estimate of drug-likeness (QED) is 0.727. The molecule has 0 aliphatic carbocycles. The fourth-order valence-electron chi connectivity index (χ4n) is 1.84. The van der Waals surface area contributed by atoms with Gasteiger partial charge in [-0.25, -0.2) is 0 Å². The number of halogens is 1. The molecule has 0 spiro atoms. The van der Waals surface area contributed by atoms with Gasteiger partial charge in [0.05, 0.1) is 19.5 Å². The number of anilines is 1. The lowest BCUT2D eigenvalue weighted by Crippen LogP contribution is -2.15. The van der Waals surface area contributed by atoms with Crippen molar-refractivity contribution in [2.75, 3.05) is 30.5 Å². The highest BCUT2D eigenvalue weighted by Gasteiger charge is 2.04. The summed E-state index contributed by atoms with van der Waals surface area (Å²) in [6.45, 7) is 0.525. The molecule has 6 heteroatoms. The molecule has 1 N–H and O–H groups in total. The Labute approximate surface area is 145 Å². The first-order valence-corrected chi connectivity index (χ1v) is 8.60. The molecule has 122 valence electrons. The molecular formula is C17H18ClNO3S. The van der Waals surface area contributed by atoms with Crippen molar-refractivity contribution in [3.63, 3.8) is 0 Å². The van der Waals surface area contributed by atoms with Crippen LogP contribution < -0.4 is 14.8 Å². The number of thioether (sulfide) groups is 1. The molecule has 0 heterocycles. The summed E-state index contributed by atoms with van der Waals surface area (Å²) >= 11 is 7.39. The van der Waals surface area contributed by atoms with Crippen LogP contribution in [0.4, 0.5) is 5.69 Å². The van der Waals surface area contributed by atoms with E-state index >= 15 is 0 Å². The summed E-state index contributed by atoms with van der Waals surface area (Å²) in [6, 6.07) is 14.5. The predicted molar refractivity (Wildman–Crippen MR) is 95.9 cm³/mol. The Bertz CT molecular complexity index is 651. The third kappa shape index (κ3) is 6.42. The van der Waals surface area contributed by atoms with E-state index in [0.717, 1.165) is 17.2 Å². The number of hydrogen-bond acceptors (Lipinski definition) is 4. The van der Waals surface area contributed by atoms with E-state index in [4.69, 9.17) is 21.1 Å². The minimum Gasteiger partial charge on any atom is -0.497 e. The van der Waals surface area contributed by atoms with Crippen molar-refractivity contribution in [2.24, 2.45) is 0 Å². The molecule has 1 amide bonds. The van der Waals surface area contributed by atoms with E-state index in [2.05, 4.69) is 5.32 Å². The van der Waals surface area contributed by atoms with Gasteiger partial charge in [-0.05, 0) is 30.3 Å². The second-order valence-electron chi connectivity index (χ2n) is 4.64. The van der Waals surface area contributed by atoms with E-state index in [1.165, 1.54) is 11.8 Å². The van der Waals surface area contributed by atoms with Gasteiger partial charge >= 0.3 is 0 Å². The summed E-state index contributed by atoms with van der Waals surface area (Å²) < 4.78 is 10.7. The van der Waals surface area contributed by atoms with Gasteiger partial charge in [-0.1, -0.05) is 23.7 Å². The SMILES string of the molecule is COc1cccc(NC(=O)CSCCOc2cccc(Cl)c2)c1. The molecule has 0 aromatic heterocycles. The molecule has 2 aromatic carbocycles. The summed E-state index contributed by atoms with van der Waals surface area (Å²) in [4.78, 5) is 11.9. The average molecular weight is 352 g/mol. The van der Waals surface area contributed by atoms with E-state index in [1.54, 1.807) is 25.3 Å². The lowest BCUT2D eigenvalue weighted by Gasteiger charge is -2.08. The molecule has 2 aromatic rings. The van der Waals surface area contributed by atoms with Crippen LogP contribution in [0.5, 0.6) is 11.5 Å². The average Bonchev–Trinajstić information content (AvgIpc) is 2.55. The third-order valence-electron chi connectivity index (χ3n) is 2.88. The predicted octanol–water partition coefficient (Wildman–Crippen LogP) is 4.10. The summed E-state index contributed by atoms with van der Waals surface area (Å²) in [5.41, 5.74) is 0.727. The first-order valence-electron chi connectivity index (χ1n) is 7.07. The molecule has 4 nitrogen and oxygen atoms in total. The number of benzene rings is 2. The Morgan fingerprint density at radius 3 is 2.74 bits per heavy atom. The van der Waals surface area contributed by atoms with Crippen LogP contribution >= 0.6 is 23.4 Å². The van der Waals surface area contributed by atoms with Crippen LogP contribution in [0, 0.1) is 0 Å². The van der Waals surface area contributed by atoms with Gasteiger partial charge < -0.3 is 14.8 Å². The van der Waals surface area contributed by atoms with Crippen molar-refractivity contribution in [1.29, 1.82) is 0 Å². The van der Waals surface area contributed by atoms with Crippen LogP contribution in [-0.4, -0.2) is 31.1 Å². The second kappa shape index (κ2) is 9.33. The minimum absolute atomic E-state index is 0.0500. The Morgan fingerprint density at radius 2 is 1.96 bits per heavy atom. The lowest BCUT2D eigenvalue weighted by atomic mass is 10.3. The van der Waals surface area contributed by atoms with Gasteiger partial charge in [0.15, 0.2) is 0 Å². The third-order valence-corrected chi connectivity index (χ3v) is 4.04. The number of rotatable bonds is 8. The fraction of sp³-hybridized carbons (Fsp3) is 0.235. The number of amides is 1. The molecule has 0 atom stereocenters. The molecule has 0 fully saturated rings. The van der Waals surface area contributed by atoms with Crippen molar-refractivity contribution >= 4 is 35.0 Å². The van der Waals surface area contributed by atoms with E-state index in [1.807, 2.05) is 30.3 Å². The van der Waals surface area contributed by atoms with Gasteiger partial charge in [-0.3, -0.25) is 4.79 Å². The van der Waals surface area contributed by atoms with Gasteiger partial charge in [0, 0.05) is 22.5 Å². The van der Waals surface area contributed by atoms with Gasteiger partial charge in [0.1, 0.15) is 11.5 Å². The smallest absolute Gasteiger partial charge is 0.234 e. The Hall–Kier alpha value is -1.85. The summed E-state index contributed by atoms with van der Waals surface area (Å²) in [7, 11) is 1.59. The van der Waals surface area contributed by atoms with E-state index < -0.39 is 0 Å². The highest BCUT2D eigenvalue weighted by molar-refractivity contribution is 7.99. The number of ether oxygens (including phenoxy) is 2. The van der Waals surface area contributed by atoms with E-state index in [9.17, 15) is 4.79 Å². The molecule has 23 heavy (non-hydrogen) atoms. The summed E-state index contributed by atoms with van der Waals surface area (Å²) in [6.07, 6.45) is 0.